The molecule has 0 bridgehead atoms. The SMILES string of the molecule is Cc1n[nH]nc1NC1(c2ccccc2Cl)C=CC(C=O)=CC1. The third kappa shape index (κ3) is 2.55. The van der Waals surface area contributed by atoms with Crippen molar-refractivity contribution in [2.75, 3.05) is 5.32 Å². The number of hydrogen-bond donors (Lipinski definition) is 2. The lowest BCUT2D eigenvalue weighted by atomic mass is 9.82. The van der Waals surface area contributed by atoms with Crippen LogP contribution in [0, 0.1) is 6.92 Å². The van der Waals surface area contributed by atoms with Crippen molar-refractivity contribution in [3.63, 3.8) is 0 Å². The number of carbonyl (C=O) groups is 1. The Labute approximate surface area is 133 Å². The molecule has 1 unspecified atom stereocenters. The number of H-pyrrole nitrogens is 1. The van der Waals surface area contributed by atoms with E-state index in [1.807, 2.05) is 43.3 Å². The van der Waals surface area contributed by atoms with Gasteiger partial charge in [-0.15, -0.1) is 5.10 Å². The Morgan fingerprint density at radius 3 is 2.77 bits per heavy atom. The fourth-order valence-electron chi connectivity index (χ4n) is 2.54. The topological polar surface area (TPSA) is 70.7 Å². The summed E-state index contributed by atoms with van der Waals surface area (Å²) in [5.41, 5.74) is 1.79. The Morgan fingerprint density at radius 2 is 2.18 bits per heavy atom. The molecule has 1 atom stereocenters. The molecule has 5 nitrogen and oxygen atoms in total. The predicted octanol–water partition coefficient (Wildman–Crippen LogP) is 3.16. The first-order chi connectivity index (χ1) is 10.6. The average molecular weight is 315 g/mol. The first-order valence-corrected chi connectivity index (χ1v) is 7.27. The van der Waals surface area contributed by atoms with E-state index in [4.69, 9.17) is 11.6 Å². The van der Waals surface area contributed by atoms with Crippen LogP contribution in [0.4, 0.5) is 5.82 Å². The molecule has 0 spiro atoms. The van der Waals surface area contributed by atoms with Gasteiger partial charge in [0.25, 0.3) is 0 Å². The van der Waals surface area contributed by atoms with E-state index in [9.17, 15) is 4.79 Å². The maximum Gasteiger partial charge on any atom is 0.172 e. The standard InChI is InChI=1S/C16H15ClN4O/c1-11-15(20-21-19-11)18-16(8-6-12(10-22)7-9-16)13-4-2-3-5-14(13)17/h2-8,10H,9H2,1H3,(H2,18,19,20,21). The summed E-state index contributed by atoms with van der Waals surface area (Å²) in [4.78, 5) is 11.0. The van der Waals surface area contributed by atoms with Crippen LogP contribution in [0.5, 0.6) is 0 Å². The number of benzene rings is 1. The zero-order valence-electron chi connectivity index (χ0n) is 12.0. The fourth-order valence-corrected chi connectivity index (χ4v) is 2.84. The summed E-state index contributed by atoms with van der Waals surface area (Å²) in [6.45, 7) is 1.87. The molecule has 1 aromatic heterocycles. The van der Waals surface area contributed by atoms with Gasteiger partial charge in [-0.2, -0.15) is 10.3 Å². The van der Waals surface area contributed by atoms with Crippen LogP contribution in [0.1, 0.15) is 17.7 Å². The zero-order chi connectivity index (χ0) is 15.6. The number of aromatic nitrogens is 3. The molecule has 112 valence electrons. The highest BCUT2D eigenvalue weighted by Gasteiger charge is 2.33. The highest BCUT2D eigenvalue weighted by molar-refractivity contribution is 6.31. The number of rotatable bonds is 4. The van der Waals surface area contributed by atoms with Gasteiger partial charge in [0, 0.05) is 16.2 Å². The Bertz CT molecular complexity index is 765. The molecule has 1 aliphatic carbocycles. The normalized spacial score (nSPS) is 20.5. The molecular formula is C16H15ClN4O. The van der Waals surface area contributed by atoms with E-state index in [-0.39, 0.29) is 0 Å². The minimum Gasteiger partial charge on any atom is -0.354 e. The third-order valence-electron chi connectivity index (χ3n) is 3.77. The van der Waals surface area contributed by atoms with E-state index >= 15 is 0 Å². The lowest BCUT2D eigenvalue weighted by molar-refractivity contribution is -0.104. The summed E-state index contributed by atoms with van der Waals surface area (Å²) in [7, 11) is 0. The number of nitrogens with one attached hydrogen (secondary N) is 2. The smallest absolute Gasteiger partial charge is 0.172 e. The molecule has 0 amide bonds. The Balaban J connectivity index is 2.06. The van der Waals surface area contributed by atoms with E-state index in [0.717, 1.165) is 17.5 Å². The van der Waals surface area contributed by atoms with Gasteiger partial charge >= 0.3 is 0 Å². The number of aromatic amines is 1. The van der Waals surface area contributed by atoms with Crippen molar-refractivity contribution >= 4 is 23.7 Å². The van der Waals surface area contributed by atoms with Gasteiger partial charge < -0.3 is 5.32 Å². The molecule has 0 saturated carbocycles. The van der Waals surface area contributed by atoms with Crippen LogP contribution < -0.4 is 5.32 Å². The Hall–Kier alpha value is -2.40. The van der Waals surface area contributed by atoms with Crippen LogP contribution in [0.3, 0.4) is 0 Å². The van der Waals surface area contributed by atoms with Gasteiger partial charge in [-0.05, 0) is 19.4 Å². The molecule has 1 heterocycles. The summed E-state index contributed by atoms with van der Waals surface area (Å²) in [5, 5.41) is 14.8. The highest BCUT2D eigenvalue weighted by atomic mass is 35.5. The van der Waals surface area contributed by atoms with Crippen molar-refractivity contribution in [3.8, 4) is 0 Å². The first-order valence-electron chi connectivity index (χ1n) is 6.90. The number of nitrogens with zero attached hydrogens (tertiary/aromatic N) is 2. The molecule has 1 aromatic carbocycles. The number of anilines is 1. The van der Waals surface area contributed by atoms with Crippen LogP contribution in [-0.4, -0.2) is 21.7 Å². The number of aryl methyl sites for hydroxylation is 1. The minimum atomic E-state index is -0.563. The lowest BCUT2D eigenvalue weighted by Gasteiger charge is -2.34. The van der Waals surface area contributed by atoms with Crippen LogP contribution in [0.15, 0.2) is 48.1 Å². The van der Waals surface area contributed by atoms with E-state index in [1.54, 1.807) is 6.08 Å². The van der Waals surface area contributed by atoms with Crippen LogP contribution >= 0.6 is 11.6 Å². The second kappa shape index (κ2) is 5.77. The molecule has 1 aliphatic rings. The first kappa shape index (κ1) is 14.5. The Morgan fingerprint density at radius 1 is 1.36 bits per heavy atom. The van der Waals surface area contributed by atoms with Crippen LogP contribution in [0.25, 0.3) is 0 Å². The second-order valence-corrected chi connectivity index (χ2v) is 5.60. The summed E-state index contributed by atoms with van der Waals surface area (Å²) < 4.78 is 0. The molecule has 0 radical (unpaired) electrons. The molecule has 0 aliphatic heterocycles. The Kier molecular flexibility index (Phi) is 3.81. The number of halogens is 1. The molecular weight excluding hydrogens is 300 g/mol. The average Bonchev–Trinajstić information content (AvgIpc) is 2.93. The highest BCUT2D eigenvalue weighted by Crippen LogP contribution is 2.38. The maximum atomic E-state index is 11.0. The summed E-state index contributed by atoms with van der Waals surface area (Å²) in [6.07, 6.45) is 7.06. The molecule has 0 fully saturated rings. The fraction of sp³-hybridized carbons (Fsp3) is 0.188. The van der Waals surface area contributed by atoms with Gasteiger partial charge in [-0.3, -0.25) is 4.79 Å². The van der Waals surface area contributed by atoms with Crippen molar-refractivity contribution in [3.05, 3.63) is 64.3 Å². The molecule has 2 N–H and O–H groups in total. The van der Waals surface area contributed by atoms with E-state index in [1.165, 1.54) is 0 Å². The van der Waals surface area contributed by atoms with Gasteiger partial charge in [0.2, 0.25) is 0 Å². The van der Waals surface area contributed by atoms with Crippen LogP contribution in [0.2, 0.25) is 5.02 Å². The van der Waals surface area contributed by atoms with Gasteiger partial charge in [0.05, 0.1) is 5.54 Å². The summed E-state index contributed by atoms with van der Waals surface area (Å²) in [5.74, 6) is 0.660. The summed E-state index contributed by atoms with van der Waals surface area (Å²) >= 11 is 6.39. The monoisotopic (exact) mass is 314 g/mol. The van der Waals surface area contributed by atoms with Gasteiger partial charge in [-0.25, -0.2) is 0 Å². The number of hydrogen-bond acceptors (Lipinski definition) is 4. The van der Waals surface area contributed by atoms with Crippen molar-refractivity contribution in [2.45, 2.75) is 18.9 Å². The second-order valence-electron chi connectivity index (χ2n) is 5.19. The van der Waals surface area contributed by atoms with Crippen molar-refractivity contribution in [2.24, 2.45) is 0 Å². The molecule has 6 heteroatoms. The van der Waals surface area contributed by atoms with Crippen molar-refractivity contribution in [1.29, 1.82) is 0 Å². The van der Waals surface area contributed by atoms with E-state index in [0.29, 0.717) is 22.8 Å². The third-order valence-corrected chi connectivity index (χ3v) is 4.10. The minimum absolute atomic E-state index is 0.563. The predicted molar refractivity (Wildman–Crippen MR) is 85.8 cm³/mol. The van der Waals surface area contributed by atoms with E-state index < -0.39 is 5.54 Å². The van der Waals surface area contributed by atoms with Gasteiger partial charge in [0.15, 0.2) is 5.82 Å². The van der Waals surface area contributed by atoms with Gasteiger partial charge in [-0.1, -0.05) is 48.0 Å². The molecule has 22 heavy (non-hydrogen) atoms. The number of aldehydes is 1. The van der Waals surface area contributed by atoms with Gasteiger partial charge in [0.1, 0.15) is 12.0 Å². The summed E-state index contributed by atoms with van der Waals surface area (Å²) in [6, 6.07) is 7.64. The van der Waals surface area contributed by atoms with Crippen molar-refractivity contribution < 1.29 is 4.79 Å². The molecule has 2 aromatic rings. The zero-order valence-corrected chi connectivity index (χ0v) is 12.8. The quantitative estimate of drug-likeness (QED) is 0.850. The molecule has 0 saturated heterocycles. The maximum absolute atomic E-state index is 11.0. The lowest BCUT2D eigenvalue weighted by Crippen LogP contribution is -2.35. The number of carbonyl (C=O) groups excluding carboxylic acids is 1. The number of allylic oxidation sites excluding steroid dienone is 2. The molecule has 3 rings (SSSR count). The van der Waals surface area contributed by atoms with Crippen molar-refractivity contribution in [1.82, 2.24) is 15.4 Å². The largest absolute Gasteiger partial charge is 0.354 e. The van der Waals surface area contributed by atoms with E-state index in [2.05, 4.69) is 20.7 Å². The van der Waals surface area contributed by atoms with Crippen LogP contribution in [-0.2, 0) is 10.3 Å².